The van der Waals surface area contributed by atoms with Crippen molar-refractivity contribution in [2.75, 3.05) is 16.8 Å². The van der Waals surface area contributed by atoms with E-state index in [2.05, 4.69) is 5.32 Å². The van der Waals surface area contributed by atoms with E-state index in [0.717, 1.165) is 16.7 Å². The highest BCUT2D eigenvalue weighted by Crippen LogP contribution is 2.42. The summed E-state index contributed by atoms with van der Waals surface area (Å²) in [6, 6.07) is 12.9. The Balaban J connectivity index is 1.59. The molecule has 25 heavy (non-hydrogen) atoms. The first kappa shape index (κ1) is 14.8. The first-order valence-electron chi connectivity index (χ1n) is 8.13. The zero-order valence-electron chi connectivity index (χ0n) is 13.2. The molecule has 2 aromatic carbocycles. The second kappa shape index (κ2) is 5.00. The molecule has 5 nitrogen and oxygen atoms in total. The highest BCUT2D eigenvalue weighted by atomic mass is 35.5. The quantitative estimate of drug-likeness (QED) is 0.698. The predicted molar refractivity (Wildman–Crippen MR) is 96.3 cm³/mol. The fraction of sp³-hybridized carbons (Fsp3) is 0.211. The molecule has 0 bridgehead atoms. The molecule has 1 unspecified atom stereocenters. The summed E-state index contributed by atoms with van der Waals surface area (Å²) in [7, 11) is 0. The third-order valence-electron chi connectivity index (χ3n) is 5.18. The number of furan rings is 1. The minimum atomic E-state index is -1.48. The van der Waals surface area contributed by atoms with E-state index in [1.807, 2.05) is 29.2 Å². The van der Waals surface area contributed by atoms with Gasteiger partial charge in [-0.15, -0.1) is 0 Å². The van der Waals surface area contributed by atoms with E-state index in [0.29, 0.717) is 29.2 Å². The van der Waals surface area contributed by atoms with Crippen molar-refractivity contribution in [2.24, 2.45) is 0 Å². The molecule has 0 saturated carbocycles. The summed E-state index contributed by atoms with van der Waals surface area (Å²) in [5, 5.41) is 15.9. The fourth-order valence-electron chi connectivity index (χ4n) is 3.86. The lowest BCUT2D eigenvalue weighted by atomic mass is 9.85. The summed E-state index contributed by atoms with van der Waals surface area (Å²) >= 11 is 6.02. The number of carbonyl (C=O) groups excluding carboxylic acids is 1. The molecule has 0 radical (unpaired) electrons. The first-order chi connectivity index (χ1) is 12.1. The smallest absolute Gasteiger partial charge is 0.200 e. The number of halogens is 1. The van der Waals surface area contributed by atoms with Crippen LogP contribution >= 0.6 is 11.6 Å². The van der Waals surface area contributed by atoms with Gasteiger partial charge in [0, 0.05) is 46.4 Å². The SMILES string of the molecule is O=C1c2cc(Cl)ccc2NC2N(c3ccc4ccoc4c3)CC[C@@]12O. The maximum absolute atomic E-state index is 12.9. The number of Topliss-reactive ketones (excluding diaryl/α,β-unsaturated/α-hetero) is 1. The van der Waals surface area contributed by atoms with Crippen LogP contribution < -0.4 is 10.2 Å². The Morgan fingerprint density at radius 3 is 3.00 bits per heavy atom. The number of fused-ring (bicyclic) bond motifs is 3. The van der Waals surface area contributed by atoms with Gasteiger partial charge in [-0.05, 0) is 36.4 Å². The molecule has 0 spiro atoms. The van der Waals surface area contributed by atoms with Crippen LogP contribution in [-0.4, -0.2) is 29.2 Å². The zero-order chi connectivity index (χ0) is 17.2. The van der Waals surface area contributed by atoms with Crippen molar-refractivity contribution in [1.29, 1.82) is 0 Å². The van der Waals surface area contributed by atoms with Crippen LogP contribution in [-0.2, 0) is 0 Å². The number of hydrogen-bond acceptors (Lipinski definition) is 5. The molecule has 0 aliphatic carbocycles. The largest absolute Gasteiger partial charge is 0.464 e. The Hall–Kier alpha value is -2.50. The van der Waals surface area contributed by atoms with Gasteiger partial charge in [0.15, 0.2) is 5.60 Å². The standard InChI is InChI=1S/C19H15ClN2O3/c20-12-2-4-15-14(9-12)17(23)19(24)6-7-22(18(19)21-15)13-3-1-11-5-8-25-16(11)10-13/h1-5,8-10,18,21,24H,6-7H2/t18?,19-/m1/s1. The van der Waals surface area contributed by atoms with Gasteiger partial charge in [-0.25, -0.2) is 0 Å². The van der Waals surface area contributed by atoms with Crippen molar-refractivity contribution in [3.8, 4) is 0 Å². The van der Waals surface area contributed by atoms with Gasteiger partial charge in [-0.1, -0.05) is 11.6 Å². The first-order valence-corrected chi connectivity index (χ1v) is 8.51. The summed E-state index contributed by atoms with van der Waals surface area (Å²) in [5.41, 5.74) is 1.34. The number of rotatable bonds is 1. The number of carbonyl (C=O) groups is 1. The maximum Gasteiger partial charge on any atom is 0.200 e. The average Bonchev–Trinajstić information content (AvgIpc) is 3.20. The van der Waals surface area contributed by atoms with Crippen LogP contribution in [0.4, 0.5) is 11.4 Å². The molecule has 126 valence electrons. The second-order valence-corrected chi connectivity index (χ2v) is 7.01. The van der Waals surface area contributed by atoms with Crippen molar-refractivity contribution in [3.63, 3.8) is 0 Å². The van der Waals surface area contributed by atoms with E-state index >= 15 is 0 Å². The number of nitrogens with one attached hydrogen (secondary N) is 1. The lowest BCUT2D eigenvalue weighted by molar-refractivity contribution is 0.0295. The third-order valence-corrected chi connectivity index (χ3v) is 5.42. The van der Waals surface area contributed by atoms with E-state index in [-0.39, 0.29) is 5.78 Å². The number of hydrogen-bond donors (Lipinski definition) is 2. The van der Waals surface area contributed by atoms with Crippen molar-refractivity contribution in [3.05, 3.63) is 59.3 Å². The predicted octanol–water partition coefficient (Wildman–Crippen LogP) is 3.66. The lowest BCUT2D eigenvalue weighted by Gasteiger charge is -2.39. The van der Waals surface area contributed by atoms with E-state index in [9.17, 15) is 9.90 Å². The topological polar surface area (TPSA) is 65.7 Å². The van der Waals surface area contributed by atoms with Gasteiger partial charge in [-0.2, -0.15) is 0 Å². The molecular formula is C19H15ClN2O3. The Labute approximate surface area is 148 Å². The molecule has 5 rings (SSSR count). The Morgan fingerprint density at radius 1 is 1.24 bits per heavy atom. The normalized spacial score (nSPS) is 25.0. The molecule has 0 amide bonds. The Morgan fingerprint density at radius 2 is 2.12 bits per heavy atom. The summed E-state index contributed by atoms with van der Waals surface area (Å²) in [6.07, 6.45) is 1.48. The number of ketones is 1. The molecule has 6 heteroatoms. The third kappa shape index (κ3) is 2.03. The van der Waals surface area contributed by atoms with Crippen LogP contribution in [0.5, 0.6) is 0 Å². The summed E-state index contributed by atoms with van der Waals surface area (Å²) in [6.45, 7) is 0.563. The fourth-order valence-corrected chi connectivity index (χ4v) is 4.03. The highest BCUT2D eigenvalue weighted by Gasteiger charge is 2.55. The molecule has 1 saturated heterocycles. The molecule has 2 aliphatic heterocycles. The second-order valence-electron chi connectivity index (χ2n) is 6.58. The van der Waals surface area contributed by atoms with Gasteiger partial charge in [0.1, 0.15) is 11.7 Å². The van der Waals surface area contributed by atoms with E-state index < -0.39 is 11.8 Å². The minimum absolute atomic E-state index is 0.282. The summed E-state index contributed by atoms with van der Waals surface area (Å²) < 4.78 is 5.48. The van der Waals surface area contributed by atoms with Crippen LogP contribution in [0.1, 0.15) is 16.8 Å². The van der Waals surface area contributed by atoms with Gasteiger partial charge in [0.25, 0.3) is 0 Å². The molecule has 3 aromatic rings. The van der Waals surface area contributed by atoms with Crippen LogP contribution in [0.15, 0.2) is 53.1 Å². The molecule has 1 aromatic heterocycles. The molecule has 2 atom stereocenters. The Kier molecular flexibility index (Phi) is 2.96. The maximum atomic E-state index is 12.9. The molecule has 2 N–H and O–H groups in total. The monoisotopic (exact) mass is 354 g/mol. The summed E-state index contributed by atoms with van der Waals surface area (Å²) in [5.74, 6) is -0.282. The molecule has 3 heterocycles. The van der Waals surface area contributed by atoms with E-state index in [1.54, 1.807) is 24.5 Å². The number of nitrogens with zero attached hydrogens (tertiary/aromatic N) is 1. The number of benzene rings is 2. The molecular weight excluding hydrogens is 340 g/mol. The van der Waals surface area contributed by atoms with Gasteiger partial charge < -0.3 is 19.7 Å². The average molecular weight is 355 g/mol. The minimum Gasteiger partial charge on any atom is -0.464 e. The van der Waals surface area contributed by atoms with Crippen molar-refractivity contribution >= 4 is 39.7 Å². The van der Waals surface area contributed by atoms with Crippen LogP contribution in [0, 0.1) is 0 Å². The molecule has 1 fully saturated rings. The van der Waals surface area contributed by atoms with Crippen LogP contribution in [0.3, 0.4) is 0 Å². The van der Waals surface area contributed by atoms with Gasteiger partial charge in [0.05, 0.1) is 6.26 Å². The zero-order valence-corrected chi connectivity index (χ0v) is 14.0. The van der Waals surface area contributed by atoms with E-state index in [4.69, 9.17) is 16.0 Å². The van der Waals surface area contributed by atoms with Crippen molar-refractivity contribution in [1.82, 2.24) is 0 Å². The molecule has 2 aliphatic rings. The Bertz CT molecular complexity index is 1010. The van der Waals surface area contributed by atoms with Gasteiger partial charge in [-0.3, -0.25) is 4.79 Å². The van der Waals surface area contributed by atoms with E-state index in [1.165, 1.54) is 0 Å². The number of aliphatic hydroxyl groups is 1. The van der Waals surface area contributed by atoms with Crippen LogP contribution in [0.2, 0.25) is 5.02 Å². The van der Waals surface area contributed by atoms with Crippen LogP contribution in [0.25, 0.3) is 11.0 Å². The van der Waals surface area contributed by atoms with Crippen molar-refractivity contribution < 1.29 is 14.3 Å². The highest BCUT2D eigenvalue weighted by molar-refractivity contribution is 6.31. The summed E-state index contributed by atoms with van der Waals surface area (Å²) in [4.78, 5) is 14.9. The lowest BCUT2D eigenvalue weighted by Crippen LogP contribution is -2.57. The van der Waals surface area contributed by atoms with Gasteiger partial charge >= 0.3 is 0 Å². The van der Waals surface area contributed by atoms with Gasteiger partial charge in [0.2, 0.25) is 5.78 Å². The number of anilines is 2. The van der Waals surface area contributed by atoms with Crippen molar-refractivity contribution in [2.45, 2.75) is 18.2 Å².